The summed E-state index contributed by atoms with van der Waals surface area (Å²) in [6, 6.07) is 5.27. The second-order valence-corrected chi connectivity index (χ2v) is 5.46. The Hall–Kier alpha value is -1.38. The summed E-state index contributed by atoms with van der Waals surface area (Å²) in [6.45, 7) is -0.405. The molecule has 0 saturated carbocycles. The molecule has 7 nitrogen and oxygen atoms in total. The molecular formula is C15H20O7. The number of hydrogen-bond donors (Lipinski definition) is 3. The molecule has 6 atom stereocenters. The number of benzene rings is 1. The van der Waals surface area contributed by atoms with E-state index in [-0.39, 0.29) is 0 Å². The smallest absolute Gasteiger partial charge is 0.208 e. The maximum absolute atomic E-state index is 10.4. The summed E-state index contributed by atoms with van der Waals surface area (Å²) >= 11 is 0. The summed E-state index contributed by atoms with van der Waals surface area (Å²) in [5.41, 5.74) is 0.723. The third-order valence-corrected chi connectivity index (χ3v) is 4.30. The molecule has 22 heavy (non-hydrogen) atoms. The number of ether oxygens (including phenoxy) is 4. The van der Waals surface area contributed by atoms with Crippen LogP contribution in [0.3, 0.4) is 0 Å². The van der Waals surface area contributed by atoms with Crippen molar-refractivity contribution < 1.29 is 34.3 Å². The molecule has 3 N–H and O–H groups in total. The molecule has 0 spiro atoms. The molecule has 122 valence electrons. The first kappa shape index (κ1) is 15.5. The molecule has 0 unspecified atom stereocenters. The first-order valence-electron chi connectivity index (χ1n) is 7.10. The number of methoxy groups -OCH3 is 2. The number of aliphatic hydroxyl groups is 3. The third-order valence-electron chi connectivity index (χ3n) is 4.30. The number of hydrogen-bond acceptors (Lipinski definition) is 7. The molecule has 1 saturated heterocycles. The normalized spacial score (nSPS) is 37.0. The Balaban J connectivity index is 1.99. The van der Waals surface area contributed by atoms with Gasteiger partial charge < -0.3 is 34.3 Å². The maximum atomic E-state index is 10.4. The van der Waals surface area contributed by atoms with E-state index in [0.29, 0.717) is 11.5 Å². The minimum absolute atomic E-state index is 0.405. The molecule has 7 heteroatoms. The third kappa shape index (κ3) is 2.35. The zero-order valence-electron chi connectivity index (χ0n) is 12.4. The highest BCUT2D eigenvalue weighted by molar-refractivity contribution is 5.43. The Kier molecular flexibility index (Phi) is 4.24. The second kappa shape index (κ2) is 6.02. The zero-order valence-corrected chi connectivity index (χ0v) is 12.4. The topological polar surface area (TPSA) is 97.6 Å². The van der Waals surface area contributed by atoms with E-state index in [1.807, 2.05) is 0 Å². The number of fused-ring (bicyclic) bond motifs is 2. The van der Waals surface area contributed by atoms with Crippen molar-refractivity contribution in [3.63, 3.8) is 0 Å². The Morgan fingerprint density at radius 2 is 1.95 bits per heavy atom. The van der Waals surface area contributed by atoms with E-state index >= 15 is 0 Å². The van der Waals surface area contributed by atoms with Crippen molar-refractivity contribution >= 4 is 0 Å². The molecule has 1 aromatic carbocycles. The molecule has 2 aliphatic heterocycles. The van der Waals surface area contributed by atoms with Gasteiger partial charge in [-0.3, -0.25) is 0 Å². The van der Waals surface area contributed by atoms with Gasteiger partial charge in [-0.25, -0.2) is 0 Å². The van der Waals surface area contributed by atoms with Crippen molar-refractivity contribution in [3.05, 3.63) is 23.8 Å². The molecular weight excluding hydrogens is 292 g/mol. The van der Waals surface area contributed by atoms with Crippen LogP contribution in [0.4, 0.5) is 0 Å². The monoisotopic (exact) mass is 312 g/mol. The Bertz CT molecular complexity index is 535. The van der Waals surface area contributed by atoms with Gasteiger partial charge in [0, 0.05) is 12.7 Å². The summed E-state index contributed by atoms with van der Waals surface area (Å²) in [5, 5.41) is 29.7. The van der Waals surface area contributed by atoms with Gasteiger partial charge in [-0.2, -0.15) is 0 Å². The standard InChI is InChI=1S/C15H20O7/c1-19-7-3-4-9-8(5-7)14(20-2)11-13(18)12(17)10(6-16)22-15(11)21-9/h3-5,10-18H,6H2,1-2H3/t10-,11+,12+,13-,14+,15+/m1/s1. The van der Waals surface area contributed by atoms with Gasteiger partial charge in [0.2, 0.25) is 6.29 Å². The van der Waals surface area contributed by atoms with Crippen LogP contribution in [0, 0.1) is 5.92 Å². The van der Waals surface area contributed by atoms with Gasteiger partial charge in [-0.05, 0) is 18.2 Å². The Morgan fingerprint density at radius 3 is 2.59 bits per heavy atom. The fourth-order valence-electron chi connectivity index (χ4n) is 3.13. The van der Waals surface area contributed by atoms with Crippen LogP contribution in [-0.4, -0.2) is 60.7 Å². The highest BCUT2D eigenvalue weighted by Crippen LogP contribution is 2.46. The van der Waals surface area contributed by atoms with Crippen LogP contribution in [0.15, 0.2) is 18.2 Å². The summed E-state index contributed by atoms with van der Waals surface area (Å²) in [7, 11) is 3.08. The number of aliphatic hydroxyl groups excluding tert-OH is 3. The molecule has 2 heterocycles. The molecule has 0 radical (unpaired) electrons. The highest BCUT2D eigenvalue weighted by atomic mass is 16.7. The first-order valence-corrected chi connectivity index (χ1v) is 7.10. The van der Waals surface area contributed by atoms with Gasteiger partial charge in [0.1, 0.15) is 23.7 Å². The molecule has 3 rings (SSSR count). The van der Waals surface area contributed by atoms with Crippen molar-refractivity contribution in [3.8, 4) is 11.5 Å². The van der Waals surface area contributed by atoms with E-state index in [4.69, 9.17) is 18.9 Å². The largest absolute Gasteiger partial charge is 0.497 e. The Morgan fingerprint density at radius 1 is 1.18 bits per heavy atom. The van der Waals surface area contributed by atoms with Crippen LogP contribution in [0.1, 0.15) is 11.7 Å². The quantitative estimate of drug-likeness (QED) is 0.713. The minimum atomic E-state index is -1.21. The van der Waals surface area contributed by atoms with Gasteiger partial charge >= 0.3 is 0 Å². The fourth-order valence-corrected chi connectivity index (χ4v) is 3.13. The lowest BCUT2D eigenvalue weighted by molar-refractivity contribution is -0.285. The van der Waals surface area contributed by atoms with Crippen molar-refractivity contribution in [2.45, 2.75) is 30.7 Å². The van der Waals surface area contributed by atoms with Gasteiger partial charge in [0.25, 0.3) is 0 Å². The van der Waals surface area contributed by atoms with E-state index in [9.17, 15) is 15.3 Å². The van der Waals surface area contributed by atoms with Crippen LogP contribution in [0.25, 0.3) is 0 Å². The van der Waals surface area contributed by atoms with Crippen LogP contribution in [0.2, 0.25) is 0 Å². The van der Waals surface area contributed by atoms with E-state index in [1.165, 1.54) is 7.11 Å². The van der Waals surface area contributed by atoms with Gasteiger partial charge in [-0.15, -0.1) is 0 Å². The summed E-state index contributed by atoms with van der Waals surface area (Å²) < 4.78 is 22.1. The lowest BCUT2D eigenvalue weighted by Crippen LogP contribution is -2.60. The van der Waals surface area contributed by atoms with Crippen molar-refractivity contribution in [1.29, 1.82) is 0 Å². The molecule has 1 aromatic rings. The van der Waals surface area contributed by atoms with E-state index in [1.54, 1.807) is 25.3 Å². The lowest BCUT2D eigenvalue weighted by atomic mass is 9.82. The van der Waals surface area contributed by atoms with E-state index in [2.05, 4.69) is 0 Å². The molecule has 1 fully saturated rings. The van der Waals surface area contributed by atoms with Crippen LogP contribution in [-0.2, 0) is 9.47 Å². The van der Waals surface area contributed by atoms with Crippen molar-refractivity contribution in [2.24, 2.45) is 5.92 Å². The summed E-state index contributed by atoms with van der Waals surface area (Å²) in [5.74, 6) is 0.597. The van der Waals surface area contributed by atoms with Crippen molar-refractivity contribution in [2.75, 3.05) is 20.8 Å². The average molecular weight is 312 g/mol. The summed E-state index contributed by atoms with van der Waals surface area (Å²) in [6.07, 6.45) is -4.57. The molecule has 0 aliphatic carbocycles. The predicted octanol–water partition coefficient (Wildman–Crippen LogP) is -0.170. The molecule has 0 aromatic heterocycles. The van der Waals surface area contributed by atoms with Crippen molar-refractivity contribution in [1.82, 2.24) is 0 Å². The van der Waals surface area contributed by atoms with Crippen LogP contribution < -0.4 is 9.47 Å². The first-order chi connectivity index (χ1) is 10.6. The molecule has 2 aliphatic rings. The summed E-state index contributed by atoms with van der Waals surface area (Å²) in [4.78, 5) is 0. The van der Waals surface area contributed by atoms with Crippen LogP contribution >= 0.6 is 0 Å². The van der Waals surface area contributed by atoms with Gasteiger partial charge in [0.15, 0.2) is 0 Å². The Labute approximate surface area is 128 Å². The maximum Gasteiger partial charge on any atom is 0.208 e. The second-order valence-electron chi connectivity index (χ2n) is 5.46. The minimum Gasteiger partial charge on any atom is -0.497 e. The highest BCUT2D eigenvalue weighted by Gasteiger charge is 2.52. The van der Waals surface area contributed by atoms with E-state index < -0.39 is 43.2 Å². The SMILES string of the molecule is COc1ccc2c(c1)[C@H](OC)[C@H]1[C@@H](O2)O[C@H](CO)[C@H](O)[C@@H]1O. The molecule has 0 amide bonds. The molecule has 0 bridgehead atoms. The fraction of sp³-hybridized carbons (Fsp3) is 0.600. The van der Waals surface area contributed by atoms with Gasteiger partial charge in [-0.1, -0.05) is 0 Å². The average Bonchev–Trinajstić information content (AvgIpc) is 2.55. The number of rotatable bonds is 3. The van der Waals surface area contributed by atoms with E-state index in [0.717, 1.165) is 5.56 Å². The zero-order chi connectivity index (χ0) is 15.9. The lowest BCUT2D eigenvalue weighted by Gasteiger charge is -2.47. The van der Waals surface area contributed by atoms with Crippen LogP contribution in [0.5, 0.6) is 11.5 Å². The van der Waals surface area contributed by atoms with Gasteiger partial charge in [0.05, 0.1) is 31.8 Å². The predicted molar refractivity (Wildman–Crippen MR) is 74.6 cm³/mol.